The second kappa shape index (κ2) is 12.1. The van der Waals surface area contributed by atoms with Crippen molar-refractivity contribution >= 4 is 23.6 Å². The topological polar surface area (TPSA) is 49.4 Å². The summed E-state index contributed by atoms with van der Waals surface area (Å²) < 4.78 is 0. The zero-order valence-electron chi connectivity index (χ0n) is 20.4. The third-order valence-electron chi connectivity index (χ3n) is 5.14. The summed E-state index contributed by atoms with van der Waals surface area (Å²) in [5.41, 5.74) is 4.53. The van der Waals surface area contributed by atoms with Gasteiger partial charge in [0.2, 0.25) is 11.8 Å². The molecule has 2 aromatic rings. The predicted molar refractivity (Wildman–Crippen MR) is 136 cm³/mol. The fourth-order valence-electron chi connectivity index (χ4n) is 3.84. The van der Waals surface area contributed by atoms with E-state index in [2.05, 4.69) is 49.5 Å². The van der Waals surface area contributed by atoms with Crippen LogP contribution in [0.5, 0.6) is 0 Å². The third kappa shape index (κ3) is 8.70. The molecule has 0 radical (unpaired) electrons. The number of benzene rings is 2. The summed E-state index contributed by atoms with van der Waals surface area (Å²) in [6.45, 7) is 12.6. The van der Waals surface area contributed by atoms with Crippen LogP contribution in [0.4, 0.5) is 0 Å². The SMILES string of the molecule is CCC(C(=O)NC(C)(C)C)N(CCc1ccccc1)C(=O)CSCc1cc(C)cc(C)c1. The van der Waals surface area contributed by atoms with Crippen molar-refractivity contribution in [2.75, 3.05) is 12.3 Å². The minimum Gasteiger partial charge on any atom is -0.350 e. The first kappa shape index (κ1) is 26.0. The lowest BCUT2D eigenvalue weighted by atomic mass is 10.1. The lowest BCUT2D eigenvalue weighted by Crippen LogP contribution is -2.54. The standard InChI is InChI=1S/C27H38N2O2S/c1-7-24(26(31)28-27(4,5)6)29(14-13-22-11-9-8-10-12-22)25(30)19-32-18-23-16-20(2)15-21(3)17-23/h8-12,15-17,24H,7,13-14,18-19H2,1-6H3,(H,28,31). The summed E-state index contributed by atoms with van der Waals surface area (Å²) in [5, 5.41) is 3.06. The Bertz CT molecular complexity index is 870. The molecule has 0 bridgehead atoms. The van der Waals surface area contributed by atoms with Crippen LogP contribution >= 0.6 is 11.8 Å². The first-order chi connectivity index (χ1) is 15.1. The van der Waals surface area contributed by atoms with Gasteiger partial charge >= 0.3 is 0 Å². The quantitative estimate of drug-likeness (QED) is 0.530. The molecular formula is C27H38N2O2S. The molecule has 2 rings (SSSR count). The fourth-order valence-corrected chi connectivity index (χ4v) is 4.69. The fraction of sp³-hybridized carbons (Fsp3) is 0.481. The molecule has 2 amide bonds. The highest BCUT2D eigenvalue weighted by Gasteiger charge is 2.30. The molecule has 1 atom stereocenters. The van der Waals surface area contributed by atoms with Crippen LogP contribution in [0.25, 0.3) is 0 Å². The first-order valence-corrected chi connectivity index (χ1v) is 12.5. The second-order valence-electron chi connectivity index (χ2n) is 9.47. The Balaban J connectivity index is 2.10. The van der Waals surface area contributed by atoms with Gasteiger partial charge in [-0.05, 0) is 58.6 Å². The molecule has 0 aromatic heterocycles. The van der Waals surface area contributed by atoms with Gasteiger partial charge < -0.3 is 10.2 Å². The minimum absolute atomic E-state index is 0.0196. The van der Waals surface area contributed by atoms with Crippen molar-refractivity contribution in [3.8, 4) is 0 Å². The monoisotopic (exact) mass is 454 g/mol. The van der Waals surface area contributed by atoms with Crippen LogP contribution in [0, 0.1) is 13.8 Å². The number of nitrogens with one attached hydrogen (secondary N) is 1. The molecule has 174 valence electrons. The van der Waals surface area contributed by atoms with Crippen molar-refractivity contribution in [2.45, 2.75) is 71.7 Å². The van der Waals surface area contributed by atoms with Crippen molar-refractivity contribution in [1.82, 2.24) is 10.2 Å². The summed E-state index contributed by atoms with van der Waals surface area (Å²) in [7, 11) is 0. The Morgan fingerprint density at radius 1 is 1.00 bits per heavy atom. The van der Waals surface area contributed by atoms with E-state index in [1.807, 2.05) is 45.9 Å². The Kier molecular flexibility index (Phi) is 9.83. The molecule has 0 spiro atoms. The molecule has 0 heterocycles. The molecule has 1 unspecified atom stereocenters. The van der Waals surface area contributed by atoms with Crippen molar-refractivity contribution in [3.63, 3.8) is 0 Å². The minimum atomic E-state index is -0.466. The van der Waals surface area contributed by atoms with Crippen molar-refractivity contribution in [1.29, 1.82) is 0 Å². The van der Waals surface area contributed by atoms with Gasteiger partial charge in [0.25, 0.3) is 0 Å². The molecule has 4 nitrogen and oxygen atoms in total. The maximum absolute atomic E-state index is 13.3. The lowest BCUT2D eigenvalue weighted by Gasteiger charge is -2.33. The Labute approximate surface area is 198 Å². The zero-order chi connectivity index (χ0) is 23.7. The molecule has 0 aliphatic carbocycles. The maximum atomic E-state index is 13.3. The second-order valence-corrected chi connectivity index (χ2v) is 10.5. The van der Waals surface area contributed by atoms with E-state index >= 15 is 0 Å². The molecule has 0 saturated heterocycles. The number of amides is 2. The summed E-state index contributed by atoms with van der Waals surface area (Å²) in [6, 6.07) is 16.2. The average Bonchev–Trinajstić information content (AvgIpc) is 2.69. The predicted octanol–water partition coefficient (Wildman–Crippen LogP) is 5.30. The molecule has 5 heteroatoms. The van der Waals surface area contributed by atoms with Crippen LogP contribution in [0.1, 0.15) is 56.4 Å². The number of hydrogen-bond acceptors (Lipinski definition) is 3. The molecular weight excluding hydrogens is 416 g/mol. The average molecular weight is 455 g/mol. The van der Waals surface area contributed by atoms with E-state index in [-0.39, 0.29) is 17.4 Å². The van der Waals surface area contributed by atoms with Gasteiger partial charge in [-0.3, -0.25) is 9.59 Å². The Morgan fingerprint density at radius 2 is 1.62 bits per heavy atom. The largest absolute Gasteiger partial charge is 0.350 e. The number of nitrogens with zero attached hydrogens (tertiary/aromatic N) is 1. The summed E-state index contributed by atoms with van der Waals surface area (Å²) in [5.74, 6) is 1.08. The number of thioether (sulfide) groups is 1. The molecule has 0 saturated carbocycles. The van der Waals surface area contributed by atoms with E-state index in [1.54, 1.807) is 16.7 Å². The molecule has 0 aliphatic heterocycles. The first-order valence-electron chi connectivity index (χ1n) is 11.4. The van der Waals surface area contributed by atoms with Crippen molar-refractivity contribution in [3.05, 3.63) is 70.8 Å². The highest BCUT2D eigenvalue weighted by molar-refractivity contribution is 7.99. The zero-order valence-corrected chi connectivity index (χ0v) is 21.2. The van der Waals surface area contributed by atoms with Gasteiger partial charge in [-0.2, -0.15) is 0 Å². The molecule has 2 aromatic carbocycles. The number of carbonyl (C=O) groups excluding carboxylic acids is 2. The van der Waals surface area contributed by atoms with E-state index in [0.29, 0.717) is 18.7 Å². The van der Waals surface area contributed by atoms with Crippen LogP contribution in [-0.2, 0) is 21.8 Å². The summed E-state index contributed by atoms with van der Waals surface area (Å²) >= 11 is 1.61. The van der Waals surface area contributed by atoms with E-state index in [4.69, 9.17) is 0 Å². The van der Waals surface area contributed by atoms with Crippen LogP contribution in [0.2, 0.25) is 0 Å². The molecule has 0 fully saturated rings. The molecule has 32 heavy (non-hydrogen) atoms. The summed E-state index contributed by atoms with van der Waals surface area (Å²) in [6.07, 6.45) is 1.32. The smallest absolute Gasteiger partial charge is 0.243 e. The van der Waals surface area contributed by atoms with Crippen LogP contribution in [0.3, 0.4) is 0 Å². The highest BCUT2D eigenvalue weighted by Crippen LogP contribution is 2.18. The Morgan fingerprint density at radius 3 is 2.19 bits per heavy atom. The van der Waals surface area contributed by atoms with Gasteiger partial charge in [0.1, 0.15) is 6.04 Å². The lowest BCUT2D eigenvalue weighted by molar-refractivity contribution is -0.139. The van der Waals surface area contributed by atoms with Crippen LogP contribution in [0.15, 0.2) is 48.5 Å². The van der Waals surface area contributed by atoms with Gasteiger partial charge in [-0.1, -0.05) is 66.6 Å². The van der Waals surface area contributed by atoms with E-state index < -0.39 is 6.04 Å². The number of rotatable bonds is 10. The van der Waals surface area contributed by atoms with E-state index in [0.717, 1.165) is 12.2 Å². The number of hydrogen-bond donors (Lipinski definition) is 1. The number of carbonyl (C=O) groups is 2. The third-order valence-corrected chi connectivity index (χ3v) is 6.13. The van der Waals surface area contributed by atoms with Gasteiger partial charge in [-0.25, -0.2) is 0 Å². The van der Waals surface area contributed by atoms with Gasteiger partial charge in [0, 0.05) is 17.8 Å². The highest BCUT2D eigenvalue weighted by atomic mass is 32.2. The van der Waals surface area contributed by atoms with Gasteiger partial charge in [0.15, 0.2) is 0 Å². The van der Waals surface area contributed by atoms with Crippen molar-refractivity contribution < 1.29 is 9.59 Å². The number of aryl methyl sites for hydroxylation is 2. The van der Waals surface area contributed by atoms with Crippen LogP contribution in [-0.4, -0.2) is 40.6 Å². The van der Waals surface area contributed by atoms with Gasteiger partial charge in [0.05, 0.1) is 5.75 Å². The van der Waals surface area contributed by atoms with E-state index in [9.17, 15) is 9.59 Å². The van der Waals surface area contributed by atoms with Crippen molar-refractivity contribution in [2.24, 2.45) is 0 Å². The maximum Gasteiger partial charge on any atom is 0.243 e. The summed E-state index contributed by atoms with van der Waals surface area (Å²) in [4.78, 5) is 28.1. The normalized spacial score (nSPS) is 12.3. The molecule has 0 aliphatic rings. The molecule has 1 N–H and O–H groups in total. The Hall–Kier alpha value is -2.27. The van der Waals surface area contributed by atoms with Crippen LogP contribution < -0.4 is 5.32 Å². The van der Waals surface area contributed by atoms with Gasteiger partial charge in [-0.15, -0.1) is 11.8 Å². The van der Waals surface area contributed by atoms with E-state index in [1.165, 1.54) is 22.3 Å².